The second-order valence-electron chi connectivity index (χ2n) is 7.19. The Bertz CT molecular complexity index is 844. The molecule has 0 saturated carbocycles. The number of hydrogen-bond donors (Lipinski definition) is 2. The molecule has 1 amide bonds. The van der Waals surface area contributed by atoms with E-state index in [1.54, 1.807) is 7.05 Å². The van der Waals surface area contributed by atoms with Gasteiger partial charge in [0.1, 0.15) is 0 Å². The first kappa shape index (κ1) is 24.1. The van der Waals surface area contributed by atoms with E-state index < -0.39 is 29.5 Å². The Morgan fingerprint density at radius 2 is 1.63 bits per heavy atom. The standard InChI is InChI=1S/C19H21F6N3OS/c1-10(2)4-15(26-3)16(29)28-17-27-14(9-30-17)7-11-5-12(18(20,21)22)8-13(6-11)19(23,24)25/h5-6,8-10,15,26H,4,7H2,1-3H3,(H,27,28,29). The maximum absolute atomic E-state index is 13.0. The third-order valence-electron chi connectivity index (χ3n) is 4.19. The van der Waals surface area contributed by atoms with Crippen molar-refractivity contribution >= 4 is 22.4 Å². The molecule has 30 heavy (non-hydrogen) atoms. The lowest BCUT2D eigenvalue weighted by molar-refractivity contribution is -0.143. The van der Waals surface area contributed by atoms with E-state index in [1.807, 2.05) is 13.8 Å². The molecule has 11 heteroatoms. The number of aromatic nitrogens is 1. The number of hydrogen-bond acceptors (Lipinski definition) is 4. The third-order valence-corrected chi connectivity index (χ3v) is 4.99. The Labute approximate surface area is 173 Å². The number of nitrogens with zero attached hydrogens (tertiary/aromatic N) is 1. The van der Waals surface area contributed by atoms with E-state index in [0.717, 1.165) is 11.3 Å². The molecule has 0 bridgehead atoms. The van der Waals surface area contributed by atoms with Gasteiger partial charge in [-0.1, -0.05) is 13.8 Å². The summed E-state index contributed by atoms with van der Waals surface area (Å²) in [5, 5.41) is 7.22. The fourth-order valence-electron chi connectivity index (χ4n) is 2.80. The van der Waals surface area contributed by atoms with E-state index in [0.29, 0.717) is 18.6 Å². The van der Waals surface area contributed by atoms with Gasteiger partial charge in [0.2, 0.25) is 5.91 Å². The summed E-state index contributed by atoms with van der Waals surface area (Å²) in [5.74, 6) is -0.0469. The summed E-state index contributed by atoms with van der Waals surface area (Å²) < 4.78 is 77.9. The predicted molar refractivity (Wildman–Crippen MR) is 102 cm³/mol. The van der Waals surface area contributed by atoms with E-state index in [9.17, 15) is 31.1 Å². The molecule has 4 nitrogen and oxygen atoms in total. The second kappa shape index (κ2) is 9.34. The van der Waals surface area contributed by atoms with Gasteiger partial charge in [-0.25, -0.2) is 4.98 Å². The van der Waals surface area contributed by atoms with Crippen LogP contribution in [0.3, 0.4) is 0 Å². The zero-order valence-electron chi connectivity index (χ0n) is 16.4. The largest absolute Gasteiger partial charge is 0.416 e. The number of amides is 1. The highest BCUT2D eigenvalue weighted by Gasteiger charge is 2.36. The van der Waals surface area contributed by atoms with Gasteiger partial charge in [-0.3, -0.25) is 4.79 Å². The Morgan fingerprint density at radius 1 is 1.07 bits per heavy atom. The number of anilines is 1. The molecule has 2 aromatic rings. The smallest absolute Gasteiger partial charge is 0.309 e. The van der Waals surface area contributed by atoms with Gasteiger partial charge in [0.15, 0.2) is 5.13 Å². The fourth-order valence-corrected chi connectivity index (χ4v) is 3.51. The lowest BCUT2D eigenvalue weighted by Gasteiger charge is -2.16. The van der Waals surface area contributed by atoms with Gasteiger partial charge in [0, 0.05) is 11.8 Å². The van der Waals surface area contributed by atoms with Crippen LogP contribution in [0.25, 0.3) is 0 Å². The molecule has 0 aliphatic rings. The normalized spacial score (nSPS) is 13.5. The van der Waals surface area contributed by atoms with Crippen molar-refractivity contribution in [2.45, 2.75) is 45.1 Å². The maximum Gasteiger partial charge on any atom is 0.416 e. The molecular weight excluding hydrogens is 432 g/mol. The third kappa shape index (κ3) is 6.69. The second-order valence-corrected chi connectivity index (χ2v) is 8.05. The minimum absolute atomic E-state index is 0.0861. The number of likely N-dealkylation sites (N-methyl/N-ethyl adjacent to an activating group) is 1. The lowest BCUT2D eigenvalue weighted by Crippen LogP contribution is -2.39. The molecule has 0 radical (unpaired) electrons. The monoisotopic (exact) mass is 453 g/mol. The number of alkyl halides is 6. The van der Waals surface area contributed by atoms with Gasteiger partial charge in [-0.05, 0) is 43.1 Å². The van der Waals surface area contributed by atoms with Crippen molar-refractivity contribution in [3.63, 3.8) is 0 Å². The lowest BCUT2D eigenvalue weighted by atomic mass is 10.0. The predicted octanol–water partition coefficient (Wildman–Crippen LogP) is 5.34. The number of carbonyl (C=O) groups is 1. The first-order valence-corrected chi connectivity index (χ1v) is 9.88. The van der Waals surface area contributed by atoms with E-state index in [4.69, 9.17) is 0 Å². The van der Waals surface area contributed by atoms with Gasteiger partial charge in [0.25, 0.3) is 0 Å². The number of rotatable bonds is 7. The molecule has 2 N–H and O–H groups in total. The first-order valence-electron chi connectivity index (χ1n) is 9.00. The molecule has 1 unspecified atom stereocenters. The van der Waals surface area contributed by atoms with Gasteiger partial charge in [-0.2, -0.15) is 26.3 Å². The summed E-state index contributed by atoms with van der Waals surface area (Å²) in [4.78, 5) is 16.4. The highest BCUT2D eigenvalue weighted by Crippen LogP contribution is 2.36. The molecule has 0 saturated heterocycles. The first-order chi connectivity index (χ1) is 13.8. The fraction of sp³-hybridized carbons (Fsp3) is 0.474. The number of thiazole rings is 1. The van der Waals surface area contributed by atoms with Gasteiger partial charge < -0.3 is 10.6 Å². The highest BCUT2D eigenvalue weighted by molar-refractivity contribution is 7.13. The van der Waals surface area contributed by atoms with E-state index in [-0.39, 0.29) is 40.7 Å². The van der Waals surface area contributed by atoms with Crippen LogP contribution in [0.4, 0.5) is 31.5 Å². The van der Waals surface area contributed by atoms with Crippen molar-refractivity contribution in [2.24, 2.45) is 5.92 Å². The molecule has 166 valence electrons. The molecule has 1 heterocycles. The van der Waals surface area contributed by atoms with Crippen LogP contribution in [0.2, 0.25) is 0 Å². The molecule has 2 rings (SSSR count). The molecule has 0 fully saturated rings. The van der Waals surface area contributed by atoms with Crippen LogP contribution in [-0.2, 0) is 23.6 Å². The van der Waals surface area contributed by atoms with Gasteiger partial charge in [0.05, 0.1) is 22.9 Å². The van der Waals surface area contributed by atoms with Crippen molar-refractivity contribution < 1.29 is 31.1 Å². The number of nitrogens with one attached hydrogen (secondary N) is 2. The van der Waals surface area contributed by atoms with Crippen LogP contribution in [0.1, 0.15) is 42.7 Å². The molecule has 0 spiro atoms. The van der Waals surface area contributed by atoms with Crippen LogP contribution in [0.5, 0.6) is 0 Å². The molecular formula is C19H21F6N3OS. The Hall–Kier alpha value is -2.14. The zero-order chi connectivity index (χ0) is 22.7. The minimum Gasteiger partial charge on any atom is -0.309 e. The average Bonchev–Trinajstić information content (AvgIpc) is 3.04. The maximum atomic E-state index is 13.0. The summed E-state index contributed by atoms with van der Waals surface area (Å²) >= 11 is 1.05. The molecule has 0 aliphatic heterocycles. The van der Waals surface area contributed by atoms with Crippen molar-refractivity contribution in [3.8, 4) is 0 Å². The Balaban J connectivity index is 2.20. The Morgan fingerprint density at radius 3 is 2.10 bits per heavy atom. The Kier molecular flexibility index (Phi) is 7.51. The zero-order valence-corrected chi connectivity index (χ0v) is 17.2. The molecule has 1 aromatic heterocycles. The van der Waals surface area contributed by atoms with Crippen LogP contribution in [-0.4, -0.2) is 24.0 Å². The quantitative estimate of drug-likeness (QED) is 0.556. The summed E-state index contributed by atoms with van der Waals surface area (Å²) in [6, 6.07) is 0.983. The molecule has 1 aromatic carbocycles. The number of carbonyl (C=O) groups excluding carboxylic acids is 1. The van der Waals surface area contributed by atoms with Crippen molar-refractivity contribution in [1.82, 2.24) is 10.3 Å². The summed E-state index contributed by atoms with van der Waals surface area (Å²) in [6.45, 7) is 3.92. The summed E-state index contributed by atoms with van der Waals surface area (Å²) in [5.41, 5.74) is -2.66. The topological polar surface area (TPSA) is 54.0 Å². The van der Waals surface area contributed by atoms with Crippen molar-refractivity contribution in [3.05, 3.63) is 46.0 Å². The SMILES string of the molecule is CNC(CC(C)C)C(=O)Nc1nc(Cc2cc(C(F)(F)F)cc(C(F)(F)F)c2)cs1. The number of benzene rings is 1. The van der Waals surface area contributed by atoms with Crippen LogP contribution < -0.4 is 10.6 Å². The average molecular weight is 453 g/mol. The van der Waals surface area contributed by atoms with E-state index in [1.165, 1.54) is 5.38 Å². The van der Waals surface area contributed by atoms with Crippen LogP contribution in [0.15, 0.2) is 23.6 Å². The van der Waals surface area contributed by atoms with Gasteiger partial charge >= 0.3 is 12.4 Å². The van der Waals surface area contributed by atoms with Crippen LogP contribution >= 0.6 is 11.3 Å². The number of halogens is 6. The molecule has 1 atom stereocenters. The minimum atomic E-state index is -4.91. The van der Waals surface area contributed by atoms with Crippen molar-refractivity contribution in [2.75, 3.05) is 12.4 Å². The van der Waals surface area contributed by atoms with E-state index >= 15 is 0 Å². The van der Waals surface area contributed by atoms with Crippen molar-refractivity contribution in [1.29, 1.82) is 0 Å². The summed E-state index contributed by atoms with van der Waals surface area (Å²) in [7, 11) is 1.64. The van der Waals surface area contributed by atoms with Gasteiger partial charge in [-0.15, -0.1) is 11.3 Å². The van der Waals surface area contributed by atoms with Crippen LogP contribution in [0, 0.1) is 5.92 Å². The molecule has 0 aliphatic carbocycles. The van der Waals surface area contributed by atoms with E-state index in [2.05, 4.69) is 15.6 Å². The highest BCUT2D eigenvalue weighted by atomic mass is 32.1. The summed E-state index contributed by atoms with van der Waals surface area (Å²) in [6.07, 6.45) is -9.46.